The van der Waals surface area contributed by atoms with Gasteiger partial charge < -0.3 is 4.42 Å². The van der Waals surface area contributed by atoms with Gasteiger partial charge in [-0.15, -0.1) is 0 Å². The molecule has 0 bridgehead atoms. The Morgan fingerprint density at radius 3 is 2.85 bits per heavy atom. The first-order chi connectivity index (χ1) is 6.25. The van der Waals surface area contributed by atoms with Crippen molar-refractivity contribution in [3.8, 4) is 11.3 Å². The standard InChI is InChI=1S/C9H6FNO2/c10-7-3-1-2-6(4-7)8-5-11-9(12)13-8/h1-5H,(H,11,12). The summed E-state index contributed by atoms with van der Waals surface area (Å²) in [6, 6.07) is 5.84. The van der Waals surface area contributed by atoms with E-state index in [4.69, 9.17) is 4.42 Å². The van der Waals surface area contributed by atoms with Crippen LogP contribution in [0.15, 0.2) is 39.7 Å². The summed E-state index contributed by atoms with van der Waals surface area (Å²) < 4.78 is 17.5. The normalized spacial score (nSPS) is 10.2. The Morgan fingerprint density at radius 1 is 1.38 bits per heavy atom. The van der Waals surface area contributed by atoms with Gasteiger partial charge in [-0.05, 0) is 12.1 Å². The number of benzene rings is 1. The number of hydrogen-bond acceptors (Lipinski definition) is 2. The van der Waals surface area contributed by atoms with E-state index in [9.17, 15) is 9.18 Å². The van der Waals surface area contributed by atoms with Gasteiger partial charge in [0.1, 0.15) is 5.82 Å². The lowest BCUT2D eigenvalue weighted by Crippen LogP contribution is -1.92. The summed E-state index contributed by atoms with van der Waals surface area (Å²) >= 11 is 0. The highest BCUT2D eigenvalue weighted by Crippen LogP contribution is 2.17. The Labute approximate surface area is 72.8 Å². The van der Waals surface area contributed by atoms with E-state index in [-0.39, 0.29) is 5.82 Å². The quantitative estimate of drug-likeness (QED) is 0.725. The topological polar surface area (TPSA) is 46.0 Å². The predicted molar refractivity (Wildman–Crippen MR) is 44.7 cm³/mol. The number of nitrogens with one attached hydrogen (secondary N) is 1. The lowest BCUT2D eigenvalue weighted by Gasteiger charge is -1.93. The predicted octanol–water partition coefficient (Wildman–Crippen LogP) is 1.77. The molecule has 0 fully saturated rings. The zero-order valence-corrected chi connectivity index (χ0v) is 6.58. The van der Waals surface area contributed by atoms with Gasteiger partial charge in [-0.25, -0.2) is 9.18 Å². The minimum absolute atomic E-state index is 0.338. The third-order valence-corrected chi connectivity index (χ3v) is 1.63. The van der Waals surface area contributed by atoms with Crippen molar-refractivity contribution in [1.82, 2.24) is 4.98 Å². The van der Waals surface area contributed by atoms with Crippen LogP contribution in [0.1, 0.15) is 0 Å². The molecule has 13 heavy (non-hydrogen) atoms. The fraction of sp³-hybridized carbons (Fsp3) is 0. The molecule has 0 radical (unpaired) electrons. The smallest absolute Gasteiger partial charge is 0.408 e. The van der Waals surface area contributed by atoms with Crippen LogP contribution in [0, 0.1) is 5.82 Å². The number of oxazole rings is 1. The molecular formula is C9H6FNO2. The molecule has 2 rings (SSSR count). The molecular weight excluding hydrogens is 173 g/mol. The Bertz CT molecular complexity index is 472. The third-order valence-electron chi connectivity index (χ3n) is 1.63. The number of hydrogen-bond donors (Lipinski definition) is 1. The van der Waals surface area contributed by atoms with E-state index < -0.39 is 5.76 Å². The van der Waals surface area contributed by atoms with Crippen molar-refractivity contribution < 1.29 is 8.81 Å². The van der Waals surface area contributed by atoms with Crippen molar-refractivity contribution in [2.24, 2.45) is 0 Å². The van der Waals surface area contributed by atoms with E-state index in [1.165, 1.54) is 18.3 Å². The Morgan fingerprint density at radius 2 is 2.23 bits per heavy atom. The van der Waals surface area contributed by atoms with Gasteiger partial charge in [-0.3, -0.25) is 4.98 Å². The number of halogens is 1. The zero-order valence-electron chi connectivity index (χ0n) is 6.58. The highest BCUT2D eigenvalue weighted by Gasteiger charge is 2.02. The van der Waals surface area contributed by atoms with Crippen LogP contribution in [0.4, 0.5) is 4.39 Å². The van der Waals surface area contributed by atoms with E-state index in [2.05, 4.69) is 4.98 Å². The Kier molecular flexibility index (Phi) is 1.73. The molecule has 2 aromatic rings. The summed E-state index contributed by atoms with van der Waals surface area (Å²) in [6.07, 6.45) is 1.40. The van der Waals surface area contributed by atoms with Gasteiger partial charge in [0, 0.05) is 5.56 Å². The van der Waals surface area contributed by atoms with E-state index in [1.807, 2.05) is 0 Å². The molecule has 0 aliphatic rings. The maximum atomic E-state index is 12.7. The molecule has 1 N–H and O–H groups in total. The molecule has 1 aromatic carbocycles. The van der Waals surface area contributed by atoms with Crippen LogP contribution in [-0.4, -0.2) is 4.98 Å². The summed E-state index contributed by atoms with van der Waals surface area (Å²) in [5.74, 6) is -0.565. The minimum atomic E-state index is -0.542. The molecule has 0 amide bonds. The molecule has 0 atom stereocenters. The van der Waals surface area contributed by atoms with Crippen molar-refractivity contribution in [2.75, 3.05) is 0 Å². The summed E-state index contributed by atoms with van der Waals surface area (Å²) in [5, 5.41) is 0. The SMILES string of the molecule is O=c1[nH]cc(-c2cccc(F)c2)o1. The van der Waals surface area contributed by atoms with Crippen LogP contribution < -0.4 is 5.76 Å². The molecule has 0 aliphatic carbocycles. The lowest BCUT2D eigenvalue weighted by atomic mass is 10.2. The molecule has 0 saturated heterocycles. The van der Waals surface area contributed by atoms with E-state index in [0.29, 0.717) is 11.3 Å². The van der Waals surface area contributed by atoms with Crippen LogP contribution in [0.2, 0.25) is 0 Å². The summed E-state index contributed by atoms with van der Waals surface area (Å²) in [4.78, 5) is 13.0. The second-order valence-corrected chi connectivity index (χ2v) is 2.55. The molecule has 66 valence electrons. The molecule has 0 saturated carbocycles. The van der Waals surface area contributed by atoms with Gasteiger partial charge in [-0.2, -0.15) is 0 Å². The first-order valence-electron chi connectivity index (χ1n) is 3.70. The molecule has 1 heterocycles. The molecule has 1 aromatic heterocycles. The zero-order chi connectivity index (χ0) is 9.26. The van der Waals surface area contributed by atoms with Crippen molar-refractivity contribution >= 4 is 0 Å². The summed E-state index contributed by atoms with van der Waals surface area (Å²) in [5.41, 5.74) is 0.540. The van der Waals surface area contributed by atoms with E-state index in [1.54, 1.807) is 12.1 Å². The van der Waals surface area contributed by atoms with Gasteiger partial charge in [0.25, 0.3) is 0 Å². The van der Waals surface area contributed by atoms with Crippen LogP contribution >= 0.6 is 0 Å². The molecule has 0 unspecified atom stereocenters. The van der Waals surface area contributed by atoms with Gasteiger partial charge in [0.15, 0.2) is 5.76 Å². The van der Waals surface area contributed by atoms with Crippen LogP contribution in [0.5, 0.6) is 0 Å². The largest absolute Gasteiger partial charge is 0.416 e. The number of aromatic amines is 1. The monoisotopic (exact) mass is 179 g/mol. The Balaban J connectivity index is 2.52. The van der Waals surface area contributed by atoms with Crippen LogP contribution in [-0.2, 0) is 0 Å². The second kappa shape index (κ2) is 2.90. The Hall–Kier alpha value is -1.84. The number of H-pyrrole nitrogens is 1. The average molecular weight is 179 g/mol. The first kappa shape index (κ1) is 7.79. The highest BCUT2D eigenvalue weighted by molar-refractivity contribution is 5.55. The van der Waals surface area contributed by atoms with Crippen LogP contribution in [0.25, 0.3) is 11.3 Å². The summed E-state index contributed by atoms with van der Waals surface area (Å²) in [6.45, 7) is 0. The van der Waals surface area contributed by atoms with Crippen molar-refractivity contribution in [3.63, 3.8) is 0 Å². The second-order valence-electron chi connectivity index (χ2n) is 2.55. The van der Waals surface area contributed by atoms with Gasteiger partial charge in [-0.1, -0.05) is 12.1 Å². The lowest BCUT2D eigenvalue weighted by molar-refractivity contribution is 0.527. The van der Waals surface area contributed by atoms with Gasteiger partial charge in [0.05, 0.1) is 6.20 Å². The van der Waals surface area contributed by atoms with Crippen LogP contribution in [0.3, 0.4) is 0 Å². The van der Waals surface area contributed by atoms with Crippen molar-refractivity contribution in [1.29, 1.82) is 0 Å². The van der Waals surface area contributed by atoms with Crippen molar-refractivity contribution in [2.45, 2.75) is 0 Å². The number of aromatic nitrogens is 1. The fourth-order valence-corrected chi connectivity index (χ4v) is 1.07. The van der Waals surface area contributed by atoms with Gasteiger partial charge in [0.2, 0.25) is 0 Å². The number of rotatable bonds is 1. The molecule has 3 nitrogen and oxygen atoms in total. The third kappa shape index (κ3) is 1.51. The fourth-order valence-electron chi connectivity index (χ4n) is 1.07. The molecule has 0 aliphatic heterocycles. The first-order valence-corrected chi connectivity index (χ1v) is 3.70. The van der Waals surface area contributed by atoms with Gasteiger partial charge >= 0.3 is 5.76 Å². The van der Waals surface area contributed by atoms with Crippen molar-refractivity contribution in [3.05, 3.63) is 46.8 Å². The maximum absolute atomic E-state index is 12.7. The average Bonchev–Trinajstić information content (AvgIpc) is 2.52. The molecule has 4 heteroatoms. The molecule has 0 spiro atoms. The van der Waals surface area contributed by atoms with E-state index in [0.717, 1.165) is 0 Å². The minimum Gasteiger partial charge on any atom is -0.408 e. The summed E-state index contributed by atoms with van der Waals surface area (Å²) in [7, 11) is 0. The van der Waals surface area contributed by atoms with E-state index >= 15 is 0 Å². The highest BCUT2D eigenvalue weighted by atomic mass is 19.1. The maximum Gasteiger partial charge on any atom is 0.416 e.